The van der Waals surface area contributed by atoms with Crippen LogP contribution in [0.2, 0.25) is 0 Å². The molecule has 3 rings (SSSR count). The minimum Gasteiger partial charge on any atom is -0.449 e. The molecule has 2 aromatic rings. The van der Waals surface area contributed by atoms with E-state index in [-0.39, 0.29) is 23.2 Å². The minimum absolute atomic E-state index is 0.0989. The van der Waals surface area contributed by atoms with Crippen molar-refractivity contribution in [1.82, 2.24) is 10.2 Å². The molecule has 0 bridgehead atoms. The van der Waals surface area contributed by atoms with Crippen LogP contribution in [0.25, 0.3) is 0 Å². The van der Waals surface area contributed by atoms with Crippen molar-refractivity contribution >= 4 is 23.7 Å². The predicted molar refractivity (Wildman–Crippen MR) is 116 cm³/mol. The second kappa shape index (κ2) is 10.2. The average molecular weight is 438 g/mol. The summed E-state index contributed by atoms with van der Waals surface area (Å²) in [5.74, 6) is -2.04. The number of carbonyl (C=O) groups is 4. The fourth-order valence-corrected chi connectivity index (χ4v) is 3.31. The number of ether oxygens (including phenoxy) is 2. The van der Waals surface area contributed by atoms with Gasteiger partial charge in [0.05, 0.1) is 16.7 Å². The Morgan fingerprint density at radius 3 is 2.41 bits per heavy atom. The van der Waals surface area contributed by atoms with Gasteiger partial charge < -0.3 is 14.8 Å². The van der Waals surface area contributed by atoms with E-state index in [2.05, 4.69) is 5.32 Å². The predicted octanol–water partition coefficient (Wildman–Crippen LogP) is 2.49. The Kier molecular flexibility index (Phi) is 7.37. The summed E-state index contributed by atoms with van der Waals surface area (Å²) >= 11 is 0. The minimum atomic E-state index is -1.02. The number of nitrogens with zero attached hydrogens (tertiary/aromatic N) is 1. The zero-order valence-electron chi connectivity index (χ0n) is 18.3. The fourth-order valence-electron chi connectivity index (χ4n) is 3.31. The maximum Gasteiger partial charge on any atom is 0.338 e. The molecule has 0 saturated heterocycles. The van der Waals surface area contributed by atoms with Gasteiger partial charge in [0.2, 0.25) is 0 Å². The molecular weight excluding hydrogens is 412 g/mol. The first kappa shape index (κ1) is 23.1. The number of amides is 3. The smallest absolute Gasteiger partial charge is 0.338 e. The summed E-state index contributed by atoms with van der Waals surface area (Å²) in [6, 6.07) is 11.9. The number of hydrogen-bond donors (Lipinski definition) is 1. The van der Waals surface area contributed by atoms with Crippen molar-refractivity contribution in [3.05, 3.63) is 70.3 Å². The molecule has 1 unspecified atom stereocenters. The summed E-state index contributed by atoms with van der Waals surface area (Å²) in [5, 5.41) is 2.73. The van der Waals surface area contributed by atoms with Crippen LogP contribution < -0.4 is 5.32 Å². The molecule has 0 saturated carbocycles. The van der Waals surface area contributed by atoms with Gasteiger partial charge >= 0.3 is 5.97 Å². The van der Waals surface area contributed by atoms with Gasteiger partial charge in [0.25, 0.3) is 17.7 Å². The first-order chi connectivity index (χ1) is 15.3. The van der Waals surface area contributed by atoms with Crippen LogP contribution in [0, 0.1) is 6.92 Å². The van der Waals surface area contributed by atoms with E-state index in [1.807, 2.05) is 31.2 Å². The van der Waals surface area contributed by atoms with Crippen molar-refractivity contribution in [1.29, 1.82) is 0 Å². The number of aryl methyl sites for hydroxylation is 1. The van der Waals surface area contributed by atoms with Crippen LogP contribution in [0.15, 0.2) is 42.5 Å². The highest BCUT2D eigenvalue weighted by Gasteiger charge is 2.35. The SMILES string of the molecule is COCCCN1C(=O)c2ccc(C(=O)OC(C)C(=O)NCc3ccc(C)cc3)cc2C1=O. The molecule has 0 radical (unpaired) electrons. The standard InChI is InChI=1S/C24H26N2O6/c1-15-5-7-17(8-6-15)14-25-21(27)16(2)32-24(30)18-9-10-19-20(13-18)23(29)26(22(19)28)11-4-12-31-3/h5-10,13,16H,4,11-12,14H2,1-3H3,(H,25,27). The molecule has 0 aliphatic carbocycles. The first-order valence-corrected chi connectivity index (χ1v) is 10.3. The zero-order chi connectivity index (χ0) is 23.3. The van der Waals surface area contributed by atoms with Crippen LogP contribution in [0.5, 0.6) is 0 Å². The highest BCUT2D eigenvalue weighted by atomic mass is 16.5. The number of rotatable bonds is 9. The van der Waals surface area contributed by atoms with Gasteiger partial charge in [-0.1, -0.05) is 29.8 Å². The second-order valence-corrected chi connectivity index (χ2v) is 7.62. The van der Waals surface area contributed by atoms with E-state index < -0.39 is 29.8 Å². The Morgan fingerprint density at radius 2 is 1.72 bits per heavy atom. The topological polar surface area (TPSA) is 102 Å². The van der Waals surface area contributed by atoms with Gasteiger partial charge in [-0.15, -0.1) is 0 Å². The van der Waals surface area contributed by atoms with Gasteiger partial charge in [-0.3, -0.25) is 19.3 Å². The maximum atomic E-state index is 12.6. The summed E-state index contributed by atoms with van der Waals surface area (Å²) in [5.41, 5.74) is 2.54. The molecule has 0 aromatic heterocycles. The molecule has 8 nitrogen and oxygen atoms in total. The quantitative estimate of drug-likeness (QED) is 0.367. The normalized spacial score (nSPS) is 13.7. The van der Waals surface area contributed by atoms with Crippen molar-refractivity contribution in [2.75, 3.05) is 20.3 Å². The lowest BCUT2D eigenvalue weighted by atomic mass is 10.1. The average Bonchev–Trinajstić information content (AvgIpc) is 3.02. The number of nitrogens with one attached hydrogen (secondary N) is 1. The summed E-state index contributed by atoms with van der Waals surface area (Å²) in [4.78, 5) is 51.0. The number of esters is 1. The van der Waals surface area contributed by atoms with Crippen LogP contribution in [-0.2, 0) is 20.8 Å². The largest absolute Gasteiger partial charge is 0.449 e. The Balaban J connectivity index is 1.60. The third-order valence-corrected chi connectivity index (χ3v) is 5.18. The number of carbonyl (C=O) groups excluding carboxylic acids is 4. The molecule has 1 aliphatic rings. The van der Waals surface area contributed by atoms with Crippen LogP contribution in [-0.4, -0.2) is 55.0 Å². The lowest BCUT2D eigenvalue weighted by molar-refractivity contribution is -0.129. The molecule has 32 heavy (non-hydrogen) atoms. The third-order valence-electron chi connectivity index (χ3n) is 5.18. The molecular formula is C24H26N2O6. The Morgan fingerprint density at radius 1 is 1.03 bits per heavy atom. The summed E-state index contributed by atoms with van der Waals surface area (Å²) in [7, 11) is 1.55. The van der Waals surface area contributed by atoms with Gasteiger partial charge in [-0.05, 0) is 44.0 Å². The van der Waals surface area contributed by atoms with E-state index in [9.17, 15) is 19.2 Å². The number of methoxy groups -OCH3 is 1. The molecule has 0 spiro atoms. The van der Waals surface area contributed by atoms with Crippen LogP contribution in [0.3, 0.4) is 0 Å². The van der Waals surface area contributed by atoms with Gasteiger partial charge in [0.1, 0.15) is 0 Å². The highest BCUT2D eigenvalue weighted by Crippen LogP contribution is 2.24. The van der Waals surface area contributed by atoms with Gasteiger partial charge in [-0.2, -0.15) is 0 Å². The molecule has 1 N–H and O–H groups in total. The van der Waals surface area contributed by atoms with E-state index in [1.165, 1.54) is 25.1 Å². The number of hydrogen-bond acceptors (Lipinski definition) is 6. The molecule has 1 heterocycles. The van der Waals surface area contributed by atoms with E-state index in [1.54, 1.807) is 7.11 Å². The third kappa shape index (κ3) is 5.20. The van der Waals surface area contributed by atoms with Gasteiger partial charge in [-0.25, -0.2) is 4.79 Å². The Hall–Kier alpha value is -3.52. The van der Waals surface area contributed by atoms with Crippen LogP contribution >= 0.6 is 0 Å². The Labute approximate surface area is 186 Å². The van der Waals surface area contributed by atoms with Crippen molar-refractivity contribution in [3.63, 3.8) is 0 Å². The van der Waals surface area contributed by atoms with Crippen molar-refractivity contribution in [2.24, 2.45) is 0 Å². The Bertz CT molecular complexity index is 1030. The van der Waals surface area contributed by atoms with E-state index in [0.717, 1.165) is 16.0 Å². The van der Waals surface area contributed by atoms with E-state index >= 15 is 0 Å². The highest BCUT2D eigenvalue weighted by molar-refractivity contribution is 6.22. The van der Waals surface area contributed by atoms with Crippen LogP contribution in [0.1, 0.15) is 55.5 Å². The van der Waals surface area contributed by atoms with Gasteiger partial charge in [0.15, 0.2) is 6.10 Å². The number of benzene rings is 2. The van der Waals surface area contributed by atoms with Crippen LogP contribution in [0.4, 0.5) is 0 Å². The molecule has 2 aromatic carbocycles. The lowest BCUT2D eigenvalue weighted by Gasteiger charge is -2.14. The van der Waals surface area contributed by atoms with E-state index in [4.69, 9.17) is 9.47 Å². The first-order valence-electron chi connectivity index (χ1n) is 10.3. The molecule has 8 heteroatoms. The van der Waals surface area contributed by atoms with Crippen molar-refractivity contribution in [2.45, 2.75) is 32.9 Å². The number of fused-ring (bicyclic) bond motifs is 1. The lowest BCUT2D eigenvalue weighted by Crippen LogP contribution is -2.35. The maximum absolute atomic E-state index is 12.6. The summed E-state index contributed by atoms with van der Waals surface area (Å²) in [6.07, 6.45) is -0.504. The molecule has 1 aliphatic heterocycles. The second-order valence-electron chi connectivity index (χ2n) is 7.62. The van der Waals surface area contributed by atoms with E-state index in [0.29, 0.717) is 19.6 Å². The zero-order valence-corrected chi connectivity index (χ0v) is 18.3. The van der Waals surface area contributed by atoms with Gasteiger partial charge in [0, 0.05) is 26.8 Å². The molecule has 168 valence electrons. The fraction of sp³-hybridized carbons (Fsp3) is 0.333. The summed E-state index contributed by atoms with van der Waals surface area (Å²) < 4.78 is 10.2. The monoisotopic (exact) mass is 438 g/mol. The number of imide groups is 1. The van der Waals surface area contributed by atoms with Crippen molar-refractivity contribution in [3.8, 4) is 0 Å². The molecule has 0 fully saturated rings. The van der Waals surface area contributed by atoms with Crippen molar-refractivity contribution < 1.29 is 28.7 Å². The molecule has 1 atom stereocenters. The molecule has 3 amide bonds. The summed E-state index contributed by atoms with van der Waals surface area (Å²) in [6.45, 7) is 4.43.